The number of hydrogen-bond donors (Lipinski definition) is 1. The van der Waals surface area contributed by atoms with E-state index in [0.717, 1.165) is 40.4 Å². The van der Waals surface area contributed by atoms with Gasteiger partial charge in [-0.1, -0.05) is 13.0 Å². The monoisotopic (exact) mass is 259 g/mol. The average molecular weight is 259 g/mol. The summed E-state index contributed by atoms with van der Waals surface area (Å²) < 4.78 is 0. The number of pyridine rings is 1. The Balaban J connectivity index is 2.18. The molecule has 2 aromatic rings. The van der Waals surface area contributed by atoms with Crippen molar-refractivity contribution < 1.29 is 0 Å². The number of aromatic amines is 1. The van der Waals surface area contributed by atoms with Crippen molar-refractivity contribution in [3.05, 3.63) is 45.5 Å². The van der Waals surface area contributed by atoms with Crippen molar-refractivity contribution in [1.29, 1.82) is 0 Å². The van der Waals surface area contributed by atoms with Crippen LogP contribution in [0.3, 0.4) is 0 Å². The van der Waals surface area contributed by atoms with Gasteiger partial charge in [0.25, 0.3) is 5.56 Å². The van der Waals surface area contributed by atoms with Crippen LogP contribution >= 0.6 is 11.8 Å². The fourth-order valence-electron chi connectivity index (χ4n) is 2.11. The SMILES string of the molecule is CCc1cccnc1-c1nc2c(c(=O)[nH]1)CSC2. The van der Waals surface area contributed by atoms with E-state index >= 15 is 0 Å². The highest BCUT2D eigenvalue weighted by atomic mass is 32.2. The maximum absolute atomic E-state index is 12.0. The number of hydrogen-bond acceptors (Lipinski definition) is 4. The van der Waals surface area contributed by atoms with Crippen LogP contribution in [0.2, 0.25) is 0 Å². The molecule has 3 heterocycles. The van der Waals surface area contributed by atoms with Crippen LogP contribution in [-0.4, -0.2) is 15.0 Å². The Labute approximate surface area is 109 Å². The number of H-pyrrole nitrogens is 1. The third-order valence-electron chi connectivity index (χ3n) is 3.08. The Morgan fingerprint density at radius 2 is 2.33 bits per heavy atom. The van der Waals surface area contributed by atoms with Gasteiger partial charge in [-0.2, -0.15) is 11.8 Å². The molecule has 0 atom stereocenters. The molecule has 0 bridgehead atoms. The van der Waals surface area contributed by atoms with Gasteiger partial charge in [-0.05, 0) is 18.1 Å². The van der Waals surface area contributed by atoms with E-state index in [4.69, 9.17) is 0 Å². The first kappa shape index (κ1) is 11.5. The number of aryl methyl sites for hydroxylation is 1. The lowest BCUT2D eigenvalue weighted by Gasteiger charge is -2.06. The van der Waals surface area contributed by atoms with Crippen molar-refractivity contribution in [2.75, 3.05) is 0 Å². The smallest absolute Gasteiger partial charge is 0.255 e. The summed E-state index contributed by atoms with van der Waals surface area (Å²) in [5, 5.41) is 0. The van der Waals surface area contributed by atoms with Crippen molar-refractivity contribution in [2.24, 2.45) is 0 Å². The van der Waals surface area contributed by atoms with Crippen LogP contribution in [0.25, 0.3) is 11.5 Å². The summed E-state index contributed by atoms with van der Waals surface area (Å²) in [6, 6.07) is 3.92. The molecule has 1 aliphatic heterocycles. The van der Waals surface area contributed by atoms with Gasteiger partial charge in [0.1, 0.15) is 5.69 Å². The largest absolute Gasteiger partial charge is 0.305 e. The molecule has 2 aromatic heterocycles. The van der Waals surface area contributed by atoms with E-state index in [9.17, 15) is 4.79 Å². The summed E-state index contributed by atoms with van der Waals surface area (Å²) >= 11 is 1.73. The highest BCUT2D eigenvalue weighted by molar-refractivity contribution is 7.98. The van der Waals surface area contributed by atoms with E-state index in [1.54, 1.807) is 18.0 Å². The zero-order valence-electron chi connectivity index (χ0n) is 10.1. The van der Waals surface area contributed by atoms with E-state index in [1.807, 2.05) is 12.1 Å². The second-order valence-electron chi connectivity index (χ2n) is 4.20. The molecule has 0 amide bonds. The molecular formula is C13H13N3OS. The first-order valence-corrected chi connectivity index (χ1v) is 7.09. The number of nitrogens with zero attached hydrogens (tertiary/aromatic N) is 2. The minimum atomic E-state index is -0.0206. The third-order valence-corrected chi connectivity index (χ3v) is 4.05. The van der Waals surface area contributed by atoms with Gasteiger partial charge >= 0.3 is 0 Å². The second kappa shape index (κ2) is 4.57. The van der Waals surface area contributed by atoms with E-state index < -0.39 is 0 Å². The van der Waals surface area contributed by atoms with Crippen molar-refractivity contribution in [3.63, 3.8) is 0 Å². The lowest BCUT2D eigenvalue weighted by atomic mass is 10.1. The number of nitrogens with one attached hydrogen (secondary N) is 1. The summed E-state index contributed by atoms with van der Waals surface area (Å²) in [6.45, 7) is 2.07. The van der Waals surface area contributed by atoms with Gasteiger partial charge in [0.2, 0.25) is 0 Å². The molecule has 0 saturated heterocycles. The van der Waals surface area contributed by atoms with Gasteiger partial charge in [0.05, 0.1) is 5.69 Å². The van der Waals surface area contributed by atoms with Crippen molar-refractivity contribution in [1.82, 2.24) is 15.0 Å². The van der Waals surface area contributed by atoms with Crippen molar-refractivity contribution in [2.45, 2.75) is 24.9 Å². The van der Waals surface area contributed by atoms with Crippen LogP contribution in [0.4, 0.5) is 0 Å². The zero-order valence-corrected chi connectivity index (χ0v) is 10.9. The molecule has 0 spiro atoms. The number of fused-ring (bicyclic) bond motifs is 1. The van der Waals surface area contributed by atoms with Crippen molar-refractivity contribution >= 4 is 11.8 Å². The van der Waals surface area contributed by atoms with Crippen LogP contribution in [0, 0.1) is 0 Å². The first-order valence-electron chi connectivity index (χ1n) is 5.93. The van der Waals surface area contributed by atoms with Gasteiger partial charge in [0.15, 0.2) is 5.82 Å². The summed E-state index contributed by atoms with van der Waals surface area (Å²) in [7, 11) is 0. The summed E-state index contributed by atoms with van der Waals surface area (Å²) in [4.78, 5) is 23.7. The molecule has 0 unspecified atom stereocenters. The maximum atomic E-state index is 12.0. The Kier molecular flexibility index (Phi) is 2.91. The standard InChI is InChI=1S/C13H13N3OS/c1-2-8-4-3-5-14-11(8)12-15-10-7-18-6-9(10)13(17)16-12/h3-5H,2,6-7H2,1H3,(H,15,16,17). The summed E-state index contributed by atoms with van der Waals surface area (Å²) in [6.07, 6.45) is 2.61. The average Bonchev–Trinajstić information content (AvgIpc) is 2.87. The van der Waals surface area contributed by atoms with E-state index in [0.29, 0.717) is 5.82 Å². The van der Waals surface area contributed by atoms with E-state index in [-0.39, 0.29) is 5.56 Å². The Morgan fingerprint density at radius 3 is 3.17 bits per heavy atom. The molecule has 18 heavy (non-hydrogen) atoms. The third kappa shape index (κ3) is 1.84. The first-order chi connectivity index (χ1) is 8.79. The Hall–Kier alpha value is -1.62. The van der Waals surface area contributed by atoms with Crippen LogP contribution < -0.4 is 5.56 Å². The normalized spacial score (nSPS) is 13.6. The predicted octanol–water partition coefficient (Wildman–Crippen LogP) is 2.14. The van der Waals surface area contributed by atoms with E-state index in [1.165, 1.54) is 0 Å². The lowest BCUT2D eigenvalue weighted by molar-refractivity contribution is 1.00. The van der Waals surface area contributed by atoms with Gasteiger partial charge in [-0.25, -0.2) is 4.98 Å². The molecular weight excluding hydrogens is 246 g/mol. The Morgan fingerprint density at radius 1 is 1.44 bits per heavy atom. The van der Waals surface area contributed by atoms with E-state index in [2.05, 4.69) is 21.9 Å². The molecule has 1 aliphatic rings. The molecule has 4 nitrogen and oxygen atoms in total. The molecule has 0 aliphatic carbocycles. The fourth-order valence-corrected chi connectivity index (χ4v) is 3.15. The quantitative estimate of drug-likeness (QED) is 0.897. The van der Waals surface area contributed by atoms with Gasteiger partial charge in [-0.15, -0.1) is 0 Å². The molecule has 0 fully saturated rings. The fraction of sp³-hybridized carbons (Fsp3) is 0.308. The molecule has 3 rings (SSSR count). The number of rotatable bonds is 2. The summed E-state index contributed by atoms with van der Waals surface area (Å²) in [5.74, 6) is 2.18. The van der Waals surface area contributed by atoms with Crippen molar-refractivity contribution in [3.8, 4) is 11.5 Å². The lowest BCUT2D eigenvalue weighted by Crippen LogP contribution is -2.16. The minimum absolute atomic E-state index is 0.0206. The molecule has 0 radical (unpaired) electrons. The summed E-state index contributed by atoms with van der Waals surface area (Å²) in [5.41, 5.74) is 3.60. The zero-order chi connectivity index (χ0) is 12.5. The minimum Gasteiger partial charge on any atom is -0.305 e. The molecule has 5 heteroatoms. The molecule has 1 N–H and O–H groups in total. The molecule has 0 aromatic carbocycles. The van der Waals surface area contributed by atoms with Gasteiger partial charge in [0, 0.05) is 23.3 Å². The predicted molar refractivity (Wildman–Crippen MR) is 72.5 cm³/mol. The number of thioether (sulfide) groups is 1. The Bertz CT molecular complexity index is 651. The van der Waals surface area contributed by atoms with Crippen LogP contribution in [-0.2, 0) is 17.9 Å². The molecule has 92 valence electrons. The highest BCUT2D eigenvalue weighted by Crippen LogP contribution is 2.27. The van der Waals surface area contributed by atoms with Crippen LogP contribution in [0.15, 0.2) is 23.1 Å². The van der Waals surface area contributed by atoms with Gasteiger partial charge < -0.3 is 4.98 Å². The maximum Gasteiger partial charge on any atom is 0.255 e. The topological polar surface area (TPSA) is 58.6 Å². The van der Waals surface area contributed by atoms with Gasteiger partial charge in [-0.3, -0.25) is 9.78 Å². The number of aromatic nitrogens is 3. The van der Waals surface area contributed by atoms with Crippen LogP contribution in [0.5, 0.6) is 0 Å². The highest BCUT2D eigenvalue weighted by Gasteiger charge is 2.19. The molecule has 0 saturated carbocycles. The van der Waals surface area contributed by atoms with Crippen LogP contribution in [0.1, 0.15) is 23.7 Å². The second-order valence-corrected chi connectivity index (χ2v) is 5.18.